The standard InChI is InChI=1S/C24H31N3O5/c1-15-12-17-18(31-14-15)8-7-9-19(17)32-20-11-10-16(13-25-20)26-21(28)24(5,6)27(22(29)30)23(2,3)4/h7-11,13,15H,12,14H2,1-6H3,(H,26,28)(H,29,30)/p-1. The van der Waals surface area contributed by atoms with Crippen molar-refractivity contribution >= 4 is 17.7 Å². The lowest BCUT2D eigenvalue weighted by Crippen LogP contribution is -2.65. The molecule has 3 rings (SSSR count). The van der Waals surface area contributed by atoms with Gasteiger partial charge in [0.1, 0.15) is 23.1 Å². The van der Waals surface area contributed by atoms with Crippen molar-refractivity contribution in [2.75, 3.05) is 11.9 Å². The highest BCUT2D eigenvalue weighted by Gasteiger charge is 2.40. The maximum absolute atomic E-state index is 12.9. The number of benzene rings is 1. The quantitative estimate of drug-likeness (QED) is 0.762. The highest BCUT2D eigenvalue weighted by atomic mass is 16.5. The van der Waals surface area contributed by atoms with Gasteiger partial charge < -0.3 is 29.6 Å². The fourth-order valence-corrected chi connectivity index (χ4v) is 3.97. The van der Waals surface area contributed by atoms with Crippen LogP contribution >= 0.6 is 0 Å². The van der Waals surface area contributed by atoms with Crippen molar-refractivity contribution in [2.24, 2.45) is 5.92 Å². The Morgan fingerprint density at radius 2 is 1.91 bits per heavy atom. The van der Waals surface area contributed by atoms with Crippen molar-refractivity contribution in [1.29, 1.82) is 0 Å². The molecule has 0 spiro atoms. The van der Waals surface area contributed by atoms with E-state index in [1.54, 1.807) is 32.9 Å². The van der Waals surface area contributed by atoms with Crippen LogP contribution in [0.2, 0.25) is 0 Å². The van der Waals surface area contributed by atoms with Crippen LogP contribution in [0.3, 0.4) is 0 Å². The number of anilines is 1. The van der Waals surface area contributed by atoms with Crippen molar-refractivity contribution in [1.82, 2.24) is 9.88 Å². The molecule has 0 saturated carbocycles. The minimum Gasteiger partial charge on any atom is -0.530 e. The molecule has 0 fully saturated rings. The first kappa shape index (κ1) is 23.4. The van der Waals surface area contributed by atoms with Gasteiger partial charge in [0.25, 0.3) is 0 Å². The number of nitrogens with one attached hydrogen (secondary N) is 1. The molecule has 1 aliphatic rings. The highest BCUT2D eigenvalue weighted by molar-refractivity contribution is 5.99. The molecule has 1 aromatic heterocycles. The van der Waals surface area contributed by atoms with Crippen LogP contribution in [-0.2, 0) is 11.2 Å². The number of rotatable bonds is 5. The number of carbonyl (C=O) groups is 2. The third kappa shape index (κ3) is 4.95. The smallest absolute Gasteiger partial charge is 0.249 e. The van der Waals surface area contributed by atoms with Crippen LogP contribution in [0.1, 0.15) is 47.1 Å². The van der Waals surface area contributed by atoms with Crippen LogP contribution in [0.5, 0.6) is 17.4 Å². The van der Waals surface area contributed by atoms with Gasteiger partial charge in [-0.25, -0.2) is 4.98 Å². The number of aromatic nitrogens is 1. The van der Waals surface area contributed by atoms with Gasteiger partial charge in [-0.3, -0.25) is 4.79 Å². The molecular formula is C24H30N3O5-. The fourth-order valence-electron chi connectivity index (χ4n) is 3.97. The SMILES string of the molecule is CC1COc2cccc(Oc3ccc(NC(=O)C(C)(C)N(C(=O)[O-])C(C)(C)C)cn3)c2C1. The monoisotopic (exact) mass is 440 g/mol. The van der Waals surface area contributed by atoms with Crippen molar-refractivity contribution in [3.8, 4) is 17.4 Å². The summed E-state index contributed by atoms with van der Waals surface area (Å²) < 4.78 is 11.7. The van der Waals surface area contributed by atoms with Crippen LogP contribution in [0.25, 0.3) is 0 Å². The summed E-state index contributed by atoms with van der Waals surface area (Å²) >= 11 is 0. The summed E-state index contributed by atoms with van der Waals surface area (Å²) in [5.41, 5.74) is -0.732. The fraction of sp³-hybridized carbons (Fsp3) is 0.458. The van der Waals surface area contributed by atoms with E-state index >= 15 is 0 Å². The largest absolute Gasteiger partial charge is 0.530 e. The predicted octanol–water partition coefficient (Wildman–Crippen LogP) is 3.61. The molecule has 1 atom stereocenters. The summed E-state index contributed by atoms with van der Waals surface area (Å²) in [7, 11) is 0. The summed E-state index contributed by atoms with van der Waals surface area (Å²) in [6.07, 6.45) is 0.916. The molecule has 32 heavy (non-hydrogen) atoms. The average Bonchev–Trinajstić information content (AvgIpc) is 2.68. The Bertz CT molecular complexity index is 996. The number of nitrogens with zero attached hydrogens (tertiary/aromatic N) is 2. The van der Waals surface area contributed by atoms with E-state index < -0.39 is 23.1 Å². The molecule has 1 aromatic carbocycles. The summed E-state index contributed by atoms with van der Waals surface area (Å²) in [6, 6.07) is 8.98. The molecular weight excluding hydrogens is 410 g/mol. The predicted molar refractivity (Wildman–Crippen MR) is 119 cm³/mol. The van der Waals surface area contributed by atoms with Crippen molar-refractivity contribution < 1.29 is 24.2 Å². The van der Waals surface area contributed by atoms with Gasteiger partial charge in [0.15, 0.2) is 0 Å². The Kier molecular flexibility index (Phi) is 6.34. The van der Waals surface area contributed by atoms with Crippen LogP contribution in [0.4, 0.5) is 10.5 Å². The van der Waals surface area contributed by atoms with Crippen molar-refractivity contribution in [3.05, 3.63) is 42.1 Å². The minimum absolute atomic E-state index is 0.375. The van der Waals surface area contributed by atoms with E-state index in [0.717, 1.165) is 22.6 Å². The first-order valence-electron chi connectivity index (χ1n) is 10.6. The number of carbonyl (C=O) groups excluding carboxylic acids is 2. The molecule has 1 N–H and O–H groups in total. The van der Waals surface area contributed by atoms with E-state index in [2.05, 4.69) is 17.2 Å². The lowest BCUT2D eigenvalue weighted by Gasteiger charge is -2.47. The van der Waals surface area contributed by atoms with E-state index in [-0.39, 0.29) is 0 Å². The van der Waals surface area contributed by atoms with Gasteiger partial charge in [-0.15, -0.1) is 0 Å². The van der Waals surface area contributed by atoms with Crippen LogP contribution < -0.4 is 19.9 Å². The van der Waals surface area contributed by atoms with Gasteiger partial charge in [0.2, 0.25) is 11.8 Å². The highest BCUT2D eigenvalue weighted by Crippen LogP contribution is 2.36. The third-order valence-corrected chi connectivity index (χ3v) is 5.34. The van der Waals surface area contributed by atoms with Gasteiger partial charge >= 0.3 is 0 Å². The van der Waals surface area contributed by atoms with Crippen LogP contribution in [0.15, 0.2) is 36.5 Å². The molecule has 172 valence electrons. The second-order valence-corrected chi connectivity index (χ2v) is 9.63. The summed E-state index contributed by atoms with van der Waals surface area (Å²) in [4.78, 5) is 29.9. The zero-order valence-electron chi connectivity index (χ0n) is 19.4. The van der Waals surface area contributed by atoms with E-state index in [1.165, 1.54) is 20.0 Å². The molecule has 8 heteroatoms. The molecule has 0 saturated heterocycles. The molecule has 8 nitrogen and oxygen atoms in total. The molecule has 2 aromatic rings. The third-order valence-electron chi connectivity index (χ3n) is 5.34. The zero-order valence-corrected chi connectivity index (χ0v) is 19.4. The Morgan fingerprint density at radius 3 is 2.50 bits per heavy atom. The van der Waals surface area contributed by atoms with Crippen LogP contribution in [-0.4, -0.2) is 39.6 Å². The first-order valence-corrected chi connectivity index (χ1v) is 10.6. The van der Waals surface area contributed by atoms with Gasteiger partial charge in [-0.05, 0) is 65.2 Å². The maximum atomic E-state index is 12.9. The second-order valence-electron chi connectivity index (χ2n) is 9.63. The number of hydrogen-bond donors (Lipinski definition) is 1. The van der Waals surface area contributed by atoms with Gasteiger partial charge in [0.05, 0.1) is 18.5 Å². The number of pyridine rings is 1. The molecule has 0 aliphatic carbocycles. The normalized spacial score (nSPS) is 15.9. The maximum Gasteiger partial charge on any atom is 0.249 e. The van der Waals surface area contributed by atoms with Crippen LogP contribution in [0, 0.1) is 5.92 Å². The van der Waals surface area contributed by atoms with Gasteiger partial charge in [-0.1, -0.05) is 13.0 Å². The van der Waals surface area contributed by atoms with E-state index in [4.69, 9.17) is 9.47 Å². The van der Waals surface area contributed by atoms with Gasteiger partial charge in [-0.2, -0.15) is 0 Å². The Labute approximate surface area is 188 Å². The topological polar surface area (TPSA) is 104 Å². The van der Waals surface area contributed by atoms with E-state index in [1.807, 2.05) is 18.2 Å². The molecule has 1 aliphatic heterocycles. The number of carboxylic acid groups (broad SMARTS) is 1. The second kappa shape index (κ2) is 8.68. The first-order chi connectivity index (χ1) is 14.9. The van der Waals surface area contributed by atoms with Crippen molar-refractivity contribution in [2.45, 2.75) is 59.0 Å². The Balaban J connectivity index is 1.73. The Morgan fingerprint density at radius 1 is 1.19 bits per heavy atom. The number of amides is 2. The number of hydrogen-bond acceptors (Lipinski definition) is 6. The number of fused-ring (bicyclic) bond motifs is 1. The average molecular weight is 441 g/mol. The summed E-state index contributed by atoms with van der Waals surface area (Å²) in [5.74, 6) is 1.79. The lowest BCUT2D eigenvalue weighted by molar-refractivity contribution is -0.276. The van der Waals surface area contributed by atoms with Crippen molar-refractivity contribution in [3.63, 3.8) is 0 Å². The Hall–Kier alpha value is -3.29. The zero-order chi connectivity index (χ0) is 23.7. The molecule has 0 radical (unpaired) electrons. The van der Waals surface area contributed by atoms with E-state index in [0.29, 0.717) is 29.8 Å². The summed E-state index contributed by atoms with van der Waals surface area (Å²) in [6.45, 7) is 11.0. The van der Waals surface area contributed by atoms with E-state index in [9.17, 15) is 14.7 Å². The molecule has 0 bridgehead atoms. The van der Waals surface area contributed by atoms with Gasteiger partial charge in [0, 0.05) is 17.2 Å². The molecule has 1 unspecified atom stereocenters. The molecule has 2 amide bonds. The molecule has 2 heterocycles. The summed E-state index contributed by atoms with van der Waals surface area (Å²) in [5, 5.41) is 14.4. The number of ether oxygens (including phenoxy) is 2. The minimum atomic E-state index is -1.41. The lowest BCUT2D eigenvalue weighted by atomic mass is 9.94.